The smallest absolute Gasteiger partial charge is 0.410 e. The number of methoxy groups -OCH3 is 1. The molecule has 1 atom stereocenters. The second kappa shape index (κ2) is 12.3. The van der Waals surface area contributed by atoms with Gasteiger partial charge in [0.25, 0.3) is 5.88 Å². The van der Waals surface area contributed by atoms with E-state index in [2.05, 4.69) is 25.6 Å². The van der Waals surface area contributed by atoms with Crippen LogP contribution in [0.1, 0.15) is 39.3 Å². The number of piperidine rings is 1. The number of likely N-dealkylation sites (tertiary alicyclic amines) is 1. The number of nitrogens with one attached hydrogen (secondary N) is 2. The van der Waals surface area contributed by atoms with E-state index in [9.17, 15) is 13.2 Å². The molecule has 13 heteroatoms. The summed E-state index contributed by atoms with van der Waals surface area (Å²) in [7, 11) is -1.62. The van der Waals surface area contributed by atoms with E-state index in [1.165, 1.54) is 19.7 Å². The Kier molecular flexibility index (Phi) is 9.35. The Balaban J connectivity index is 1.65. The fourth-order valence-corrected chi connectivity index (χ4v) is 4.01. The van der Waals surface area contributed by atoms with Crippen molar-refractivity contribution in [2.75, 3.05) is 43.6 Å². The second-order valence-corrected chi connectivity index (χ2v) is 11.7. The van der Waals surface area contributed by atoms with Crippen LogP contribution >= 0.6 is 0 Å². The van der Waals surface area contributed by atoms with E-state index in [1.807, 2.05) is 26.8 Å². The van der Waals surface area contributed by atoms with Crippen molar-refractivity contribution in [2.24, 2.45) is 0 Å². The molecule has 0 bridgehead atoms. The van der Waals surface area contributed by atoms with Crippen LogP contribution in [-0.2, 0) is 14.6 Å². The SMILES string of the molecule is COc1c(Nc2ccc(NCC(C)S(C)(=O)=O)nc2C)ncnc1OC1CCN(C(=O)OC(C)C)CC1. The molecule has 204 valence electrons. The number of pyridine rings is 1. The molecule has 0 radical (unpaired) electrons. The third kappa shape index (κ3) is 7.81. The standard InChI is InChI=1S/C24H36N6O6S/c1-15(2)35-24(31)30-11-9-18(10-12-30)36-23-21(34-5)22(26-14-27-23)29-19-7-8-20(28-17(19)4)25-13-16(3)37(6,32)33/h7-8,14-16,18H,9-13H2,1-6H3,(H,25,28)(H,26,27,29). The molecule has 0 aliphatic carbocycles. The van der Waals surface area contributed by atoms with Crippen molar-refractivity contribution < 1.29 is 27.4 Å². The van der Waals surface area contributed by atoms with Gasteiger partial charge in [0.05, 0.1) is 29.8 Å². The number of carbonyl (C=O) groups excluding carboxylic acids is 1. The molecule has 1 unspecified atom stereocenters. The average Bonchev–Trinajstić information content (AvgIpc) is 2.83. The molecule has 3 heterocycles. The molecule has 2 aromatic heterocycles. The quantitative estimate of drug-likeness (QED) is 0.462. The average molecular weight is 537 g/mol. The predicted octanol–water partition coefficient (Wildman–Crippen LogP) is 3.17. The van der Waals surface area contributed by atoms with Gasteiger partial charge < -0.3 is 29.7 Å². The number of carbonyl (C=O) groups is 1. The lowest BCUT2D eigenvalue weighted by atomic mass is 10.1. The van der Waals surface area contributed by atoms with Gasteiger partial charge in [-0.3, -0.25) is 0 Å². The van der Waals surface area contributed by atoms with Crippen LogP contribution in [0.15, 0.2) is 18.5 Å². The zero-order chi connectivity index (χ0) is 27.2. The largest absolute Gasteiger partial charge is 0.489 e. The van der Waals surface area contributed by atoms with E-state index in [0.29, 0.717) is 60.6 Å². The van der Waals surface area contributed by atoms with Crippen LogP contribution in [0.2, 0.25) is 0 Å². The fourth-order valence-electron chi connectivity index (χ4n) is 3.62. The first-order valence-corrected chi connectivity index (χ1v) is 14.1. The highest BCUT2D eigenvalue weighted by Crippen LogP contribution is 2.35. The monoisotopic (exact) mass is 536 g/mol. The van der Waals surface area contributed by atoms with Crippen LogP contribution in [0.4, 0.5) is 22.1 Å². The Bertz CT molecular complexity index is 1180. The fraction of sp³-hybridized carbons (Fsp3) is 0.583. The van der Waals surface area contributed by atoms with E-state index in [4.69, 9.17) is 14.2 Å². The summed E-state index contributed by atoms with van der Waals surface area (Å²) in [5.74, 6) is 1.65. The maximum Gasteiger partial charge on any atom is 0.410 e. The number of amides is 1. The minimum Gasteiger partial charge on any atom is -0.489 e. The van der Waals surface area contributed by atoms with Crippen molar-refractivity contribution in [1.82, 2.24) is 19.9 Å². The van der Waals surface area contributed by atoms with E-state index >= 15 is 0 Å². The molecule has 1 aliphatic rings. The van der Waals surface area contributed by atoms with Crippen LogP contribution in [0.25, 0.3) is 0 Å². The number of hydrogen-bond donors (Lipinski definition) is 2. The predicted molar refractivity (Wildman–Crippen MR) is 140 cm³/mol. The third-order valence-corrected chi connectivity index (χ3v) is 7.56. The van der Waals surface area contributed by atoms with Crippen LogP contribution in [0.3, 0.4) is 0 Å². The van der Waals surface area contributed by atoms with Crippen molar-refractivity contribution in [2.45, 2.75) is 58.0 Å². The van der Waals surface area contributed by atoms with Gasteiger partial charge in [-0.15, -0.1) is 0 Å². The first-order chi connectivity index (χ1) is 17.5. The van der Waals surface area contributed by atoms with Gasteiger partial charge in [-0.1, -0.05) is 0 Å². The highest BCUT2D eigenvalue weighted by Gasteiger charge is 2.27. The number of anilines is 3. The summed E-state index contributed by atoms with van der Waals surface area (Å²) in [5.41, 5.74) is 1.38. The zero-order valence-corrected chi connectivity index (χ0v) is 23.0. The lowest BCUT2D eigenvalue weighted by Crippen LogP contribution is -2.42. The Morgan fingerprint density at radius 2 is 1.89 bits per heavy atom. The van der Waals surface area contributed by atoms with Gasteiger partial charge in [0.1, 0.15) is 18.2 Å². The summed E-state index contributed by atoms with van der Waals surface area (Å²) in [5, 5.41) is 5.74. The third-order valence-electron chi connectivity index (χ3n) is 5.93. The van der Waals surface area contributed by atoms with Gasteiger partial charge in [-0.25, -0.2) is 23.2 Å². The topological polar surface area (TPSA) is 145 Å². The van der Waals surface area contributed by atoms with Gasteiger partial charge in [-0.2, -0.15) is 4.98 Å². The maximum atomic E-state index is 12.1. The Hall–Kier alpha value is -3.35. The molecular weight excluding hydrogens is 500 g/mol. The van der Waals surface area contributed by atoms with Crippen molar-refractivity contribution in [3.63, 3.8) is 0 Å². The van der Waals surface area contributed by atoms with Gasteiger partial charge in [0.2, 0.25) is 5.75 Å². The summed E-state index contributed by atoms with van der Waals surface area (Å²) in [6, 6.07) is 3.58. The molecule has 1 saturated heterocycles. The van der Waals surface area contributed by atoms with Crippen LogP contribution in [0, 0.1) is 6.92 Å². The van der Waals surface area contributed by atoms with E-state index in [0.717, 1.165) is 0 Å². The molecule has 1 aliphatic heterocycles. The summed E-state index contributed by atoms with van der Waals surface area (Å²) in [6.45, 7) is 8.45. The van der Waals surface area contributed by atoms with Gasteiger partial charge in [0, 0.05) is 38.7 Å². The molecule has 3 rings (SSSR count). The molecular formula is C24H36N6O6S. The van der Waals surface area contributed by atoms with E-state index in [-0.39, 0.29) is 24.8 Å². The van der Waals surface area contributed by atoms with Crippen molar-refractivity contribution in [1.29, 1.82) is 0 Å². The molecule has 1 fully saturated rings. The summed E-state index contributed by atoms with van der Waals surface area (Å²) < 4.78 is 40.2. The molecule has 0 spiro atoms. The van der Waals surface area contributed by atoms with Crippen LogP contribution < -0.4 is 20.1 Å². The highest BCUT2D eigenvalue weighted by atomic mass is 32.2. The number of aromatic nitrogens is 3. The van der Waals surface area contributed by atoms with Crippen molar-refractivity contribution in [3.8, 4) is 11.6 Å². The molecule has 1 amide bonds. The minimum atomic E-state index is -3.13. The number of nitrogens with zero attached hydrogens (tertiary/aromatic N) is 4. The Labute approximate surface area is 218 Å². The molecule has 12 nitrogen and oxygen atoms in total. The number of sulfone groups is 1. The lowest BCUT2D eigenvalue weighted by Gasteiger charge is -2.31. The summed E-state index contributed by atoms with van der Waals surface area (Å²) in [6.07, 6.45) is 3.27. The van der Waals surface area contributed by atoms with Gasteiger partial charge in [0.15, 0.2) is 15.7 Å². The van der Waals surface area contributed by atoms with Crippen molar-refractivity contribution in [3.05, 3.63) is 24.2 Å². The van der Waals surface area contributed by atoms with Crippen LogP contribution in [-0.4, -0.2) is 84.8 Å². The first-order valence-electron chi connectivity index (χ1n) is 12.2. The highest BCUT2D eigenvalue weighted by molar-refractivity contribution is 7.91. The molecule has 0 saturated carbocycles. The number of rotatable bonds is 10. The summed E-state index contributed by atoms with van der Waals surface area (Å²) >= 11 is 0. The Morgan fingerprint density at radius 3 is 2.49 bits per heavy atom. The number of aryl methyl sites for hydroxylation is 1. The molecule has 0 aromatic carbocycles. The maximum absolute atomic E-state index is 12.1. The minimum absolute atomic E-state index is 0.136. The zero-order valence-electron chi connectivity index (χ0n) is 22.1. The Morgan fingerprint density at radius 1 is 1.19 bits per heavy atom. The molecule has 37 heavy (non-hydrogen) atoms. The van der Waals surface area contributed by atoms with Crippen molar-refractivity contribution >= 4 is 33.3 Å². The number of ether oxygens (including phenoxy) is 3. The lowest BCUT2D eigenvalue weighted by molar-refractivity contribution is 0.0500. The van der Waals surface area contributed by atoms with E-state index in [1.54, 1.807) is 17.9 Å². The molecule has 2 aromatic rings. The second-order valence-electron chi connectivity index (χ2n) is 9.27. The normalized spacial score (nSPS) is 15.3. The molecule has 2 N–H and O–H groups in total. The van der Waals surface area contributed by atoms with E-state index < -0.39 is 15.1 Å². The van der Waals surface area contributed by atoms with Gasteiger partial charge >= 0.3 is 6.09 Å². The van der Waals surface area contributed by atoms with Crippen LogP contribution in [0.5, 0.6) is 11.6 Å². The first kappa shape index (κ1) is 28.2. The van der Waals surface area contributed by atoms with Gasteiger partial charge in [-0.05, 0) is 39.8 Å². The number of hydrogen-bond acceptors (Lipinski definition) is 11. The summed E-state index contributed by atoms with van der Waals surface area (Å²) in [4.78, 5) is 26.9.